The van der Waals surface area contributed by atoms with Crippen molar-refractivity contribution in [3.05, 3.63) is 103 Å². The first-order chi connectivity index (χ1) is 24.3. The summed E-state index contributed by atoms with van der Waals surface area (Å²) in [5.41, 5.74) is -2.25. The lowest BCUT2D eigenvalue weighted by Crippen LogP contribution is -2.64. The summed E-state index contributed by atoms with van der Waals surface area (Å²) in [6.07, 6.45) is 24.1. The molecule has 0 bridgehead atoms. The predicted molar refractivity (Wildman–Crippen MR) is 189 cm³/mol. The number of oxazole rings is 1. The molecule has 0 aromatic carbocycles. The van der Waals surface area contributed by atoms with Gasteiger partial charge in [0.15, 0.2) is 19.2 Å². The average molecular weight is 711 g/mol. The summed E-state index contributed by atoms with van der Waals surface area (Å²) in [6, 6.07) is -1.09. The van der Waals surface area contributed by atoms with E-state index in [1.54, 1.807) is 82.5 Å². The van der Waals surface area contributed by atoms with Crippen molar-refractivity contribution in [3.63, 3.8) is 0 Å². The molecule has 1 aromatic heterocycles. The maximum absolute atomic E-state index is 13.4. The zero-order valence-corrected chi connectivity index (χ0v) is 30.2. The van der Waals surface area contributed by atoms with Crippen LogP contribution in [0.25, 0.3) is 0 Å². The van der Waals surface area contributed by atoms with Crippen LogP contribution >= 0.6 is 0 Å². The van der Waals surface area contributed by atoms with Gasteiger partial charge in [0.25, 0.3) is 5.91 Å². The monoisotopic (exact) mass is 710 g/mol. The van der Waals surface area contributed by atoms with E-state index in [1.807, 2.05) is 18.2 Å². The molecule has 3 N–H and O–H groups in total. The molecule has 1 aromatic rings. The number of methoxy groups -OCH3 is 2. The molecule has 14 heteroatoms. The summed E-state index contributed by atoms with van der Waals surface area (Å²) in [7, 11) is 3.99. The second-order valence-corrected chi connectivity index (χ2v) is 12.0. The molecule has 2 heterocycles. The number of carbonyl (C=O) groups excluding carboxylic acids is 4. The van der Waals surface area contributed by atoms with Crippen molar-refractivity contribution in [2.24, 2.45) is 5.41 Å². The molecular formula is C37H50N4O10. The Hall–Kier alpha value is -4.89. The molecule has 0 aliphatic carbocycles. The number of carbonyl (C=O) groups is 4. The second kappa shape index (κ2) is 21.4. The van der Waals surface area contributed by atoms with Gasteiger partial charge in [-0.3, -0.25) is 14.4 Å². The highest BCUT2D eigenvalue weighted by Gasteiger charge is 2.50. The van der Waals surface area contributed by atoms with Crippen LogP contribution in [0.2, 0.25) is 0 Å². The Labute approximate surface area is 299 Å². The van der Waals surface area contributed by atoms with Crippen LogP contribution in [0.15, 0.2) is 102 Å². The number of aliphatic hydroxyl groups is 1. The number of amides is 3. The number of nitrogens with one attached hydrogen (secondary N) is 2. The topological polar surface area (TPSA) is 179 Å². The first-order valence-corrected chi connectivity index (χ1v) is 16.2. The molecule has 1 aliphatic heterocycles. The number of hydrogen-bond donors (Lipinski definition) is 3. The van der Waals surface area contributed by atoms with E-state index in [0.717, 1.165) is 10.7 Å². The summed E-state index contributed by atoms with van der Waals surface area (Å²) in [6.45, 7) is 6.52. The van der Waals surface area contributed by atoms with Gasteiger partial charge in [-0.15, -0.1) is 0 Å². The molecule has 4 atom stereocenters. The molecule has 1 fully saturated rings. The van der Waals surface area contributed by atoms with Crippen LogP contribution in [0.4, 0.5) is 0 Å². The smallest absolute Gasteiger partial charge is 0.331 e. The van der Waals surface area contributed by atoms with E-state index < -0.39 is 47.2 Å². The Morgan fingerprint density at radius 2 is 1.73 bits per heavy atom. The fraction of sp³-hybridized carbons (Fsp3) is 0.432. The van der Waals surface area contributed by atoms with Gasteiger partial charge in [0.1, 0.15) is 12.4 Å². The van der Waals surface area contributed by atoms with E-state index in [2.05, 4.69) is 15.6 Å². The number of likely N-dealkylation sites (N-methyl/N-ethyl adjacent to an activating group) is 1. The van der Waals surface area contributed by atoms with Gasteiger partial charge in [0.05, 0.1) is 30.9 Å². The number of allylic oxidation sites excluding steroid dienone is 11. The SMILES string of the molecule is COC(=O)C(C(C)OC)N(C)C(=O)C1(NC(=O)C=CC=CC=CC=CCNC(=O)C(C)(C)C(O)C(C)=CC=CC=CCc2cnco2)COCO1. The van der Waals surface area contributed by atoms with Crippen molar-refractivity contribution in [1.82, 2.24) is 20.5 Å². The van der Waals surface area contributed by atoms with Gasteiger partial charge in [0.2, 0.25) is 17.5 Å². The average Bonchev–Trinajstić information content (AvgIpc) is 3.82. The number of hydrogen-bond acceptors (Lipinski definition) is 11. The lowest BCUT2D eigenvalue weighted by Gasteiger charge is -2.35. The number of aliphatic hydroxyl groups excluding tert-OH is 1. The maximum atomic E-state index is 13.4. The van der Waals surface area contributed by atoms with Gasteiger partial charge in [-0.25, -0.2) is 9.78 Å². The quantitative estimate of drug-likeness (QED) is 0.109. The van der Waals surface area contributed by atoms with Crippen molar-refractivity contribution >= 4 is 23.7 Å². The van der Waals surface area contributed by atoms with Gasteiger partial charge in [0, 0.05) is 33.2 Å². The number of ether oxygens (including phenoxy) is 4. The number of nitrogens with zero attached hydrogens (tertiary/aromatic N) is 2. The normalized spacial score (nSPS) is 19.1. The van der Waals surface area contributed by atoms with Gasteiger partial charge in [-0.1, -0.05) is 72.9 Å². The molecule has 3 amide bonds. The Morgan fingerprint density at radius 1 is 1.06 bits per heavy atom. The van der Waals surface area contributed by atoms with E-state index in [1.165, 1.54) is 39.8 Å². The van der Waals surface area contributed by atoms with Gasteiger partial charge < -0.3 is 44.0 Å². The van der Waals surface area contributed by atoms with Gasteiger partial charge in [-0.05, 0) is 33.3 Å². The van der Waals surface area contributed by atoms with Crippen LogP contribution in [0.5, 0.6) is 0 Å². The van der Waals surface area contributed by atoms with Crippen LogP contribution in [0, 0.1) is 5.41 Å². The van der Waals surface area contributed by atoms with Crippen molar-refractivity contribution in [1.29, 1.82) is 0 Å². The Kier molecular flexibility index (Phi) is 17.7. The van der Waals surface area contributed by atoms with Crippen molar-refractivity contribution in [2.45, 2.75) is 58.1 Å². The molecule has 0 spiro atoms. The van der Waals surface area contributed by atoms with Crippen LogP contribution in [-0.2, 0) is 44.5 Å². The van der Waals surface area contributed by atoms with E-state index in [0.29, 0.717) is 12.0 Å². The second-order valence-electron chi connectivity index (χ2n) is 12.0. The molecule has 1 aliphatic rings. The third kappa shape index (κ3) is 13.1. The number of rotatable bonds is 19. The Bertz CT molecular complexity index is 1500. The fourth-order valence-electron chi connectivity index (χ4n) is 4.77. The van der Waals surface area contributed by atoms with Crippen LogP contribution in [0.1, 0.15) is 33.5 Å². The zero-order chi connectivity index (χ0) is 37.9. The lowest BCUT2D eigenvalue weighted by molar-refractivity contribution is -0.169. The summed E-state index contributed by atoms with van der Waals surface area (Å²) in [5, 5.41) is 16.2. The minimum Gasteiger partial charge on any atom is -0.467 e. The minimum atomic E-state index is -1.84. The third-order valence-corrected chi connectivity index (χ3v) is 7.90. The molecule has 0 saturated carbocycles. The summed E-state index contributed by atoms with van der Waals surface area (Å²) >= 11 is 0. The first kappa shape index (κ1) is 42.3. The van der Waals surface area contributed by atoms with Crippen molar-refractivity contribution in [2.75, 3.05) is 41.2 Å². The summed E-state index contributed by atoms with van der Waals surface area (Å²) in [4.78, 5) is 56.2. The molecule has 14 nitrogen and oxygen atoms in total. The minimum absolute atomic E-state index is 0.228. The zero-order valence-electron chi connectivity index (χ0n) is 30.2. The van der Waals surface area contributed by atoms with Crippen LogP contribution in [0.3, 0.4) is 0 Å². The Balaban J connectivity index is 1.82. The first-order valence-electron chi connectivity index (χ1n) is 16.2. The maximum Gasteiger partial charge on any atom is 0.331 e. The van der Waals surface area contributed by atoms with Gasteiger partial charge >= 0.3 is 5.97 Å². The standard InChI is InChI=1S/C37H50N4O10/c1-27(19-15-12-13-16-20-29-23-38-25-50-29)32(43)36(3,4)34(45)39-22-18-14-10-8-9-11-17-21-30(42)40-37(24-49-26-51-37)35(46)41(5)31(28(2)47-6)33(44)48-7/h8-19,21,23,25,28,31-32,43H,20,22,24,26H2,1-7H3,(H,39,45)(H,40,42). The van der Waals surface area contributed by atoms with Crippen LogP contribution in [-0.4, -0.2) is 104 Å². The van der Waals surface area contributed by atoms with Crippen molar-refractivity contribution < 1.29 is 47.6 Å². The largest absolute Gasteiger partial charge is 0.467 e. The van der Waals surface area contributed by atoms with Gasteiger partial charge in [-0.2, -0.15) is 0 Å². The highest BCUT2D eigenvalue weighted by atomic mass is 16.7. The fourth-order valence-corrected chi connectivity index (χ4v) is 4.77. The van der Waals surface area contributed by atoms with Crippen molar-refractivity contribution in [3.8, 4) is 0 Å². The third-order valence-electron chi connectivity index (χ3n) is 7.90. The van der Waals surface area contributed by atoms with E-state index in [9.17, 15) is 24.3 Å². The van der Waals surface area contributed by atoms with E-state index >= 15 is 0 Å². The molecule has 1 saturated heterocycles. The highest BCUT2D eigenvalue weighted by molar-refractivity contribution is 5.96. The van der Waals surface area contributed by atoms with E-state index in [4.69, 9.17) is 23.4 Å². The van der Waals surface area contributed by atoms with E-state index in [-0.39, 0.29) is 25.9 Å². The number of esters is 1. The highest BCUT2D eigenvalue weighted by Crippen LogP contribution is 2.26. The predicted octanol–water partition coefficient (Wildman–Crippen LogP) is 2.86. The lowest BCUT2D eigenvalue weighted by atomic mass is 9.81. The molecule has 0 radical (unpaired) electrons. The molecule has 2 rings (SSSR count). The van der Waals surface area contributed by atoms with Crippen LogP contribution < -0.4 is 10.6 Å². The Morgan fingerprint density at radius 3 is 2.35 bits per heavy atom. The molecule has 51 heavy (non-hydrogen) atoms. The number of aromatic nitrogens is 1. The summed E-state index contributed by atoms with van der Waals surface area (Å²) < 4.78 is 26.0. The molecule has 278 valence electrons. The molecule has 4 unspecified atom stereocenters. The summed E-state index contributed by atoms with van der Waals surface area (Å²) in [5.74, 6) is -1.55. The molecular weight excluding hydrogens is 660 g/mol.